The van der Waals surface area contributed by atoms with E-state index >= 15 is 0 Å². The van der Waals surface area contributed by atoms with Crippen LogP contribution in [-0.4, -0.2) is 39.3 Å². The van der Waals surface area contributed by atoms with Crippen LogP contribution in [0.4, 0.5) is 0 Å². The summed E-state index contributed by atoms with van der Waals surface area (Å²) in [6.45, 7) is 4.35. The number of likely N-dealkylation sites (tertiary alicyclic amines) is 1. The van der Waals surface area contributed by atoms with E-state index < -0.39 is 0 Å². The van der Waals surface area contributed by atoms with Gasteiger partial charge in [-0.1, -0.05) is 15.9 Å². The molecule has 0 saturated carbocycles. The Hall–Kier alpha value is -1.20. The molecule has 2 aromatic rings. The molecule has 0 radical (unpaired) electrons. The van der Waals surface area contributed by atoms with E-state index in [0.29, 0.717) is 11.7 Å². The van der Waals surface area contributed by atoms with Crippen LogP contribution in [0.5, 0.6) is 5.75 Å². The van der Waals surface area contributed by atoms with Crippen LogP contribution in [0.25, 0.3) is 10.9 Å². The minimum atomic E-state index is 0.273. The molecule has 5 heteroatoms. The van der Waals surface area contributed by atoms with Crippen LogP contribution >= 0.6 is 15.9 Å². The highest BCUT2D eigenvalue weighted by molar-refractivity contribution is 9.10. The monoisotopic (exact) mass is 335 g/mol. The van der Waals surface area contributed by atoms with E-state index in [9.17, 15) is 5.11 Å². The second-order valence-electron chi connectivity index (χ2n) is 5.43. The molecule has 4 nitrogen and oxygen atoms in total. The first-order valence-corrected chi connectivity index (χ1v) is 7.82. The summed E-state index contributed by atoms with van der Waals surface area (Å²) in [5, 5.41) is 19.5. The second-order valence-corrected chi connectivity index (χ2v) is 6.35. The van der Waals surface area contributed by atoms with Crippen molar-refractivity contribution in [3.8, 4) is 5.75 Å². The van der Waals surface area contributed by atoms with Gasteiger partial charge >= 0.3 is 0 Å². The molecule has 1 atom stereocenters. The van der Waals surface area contributed by atoms with Crippen molar-refractivity contribution in [1.29, 1.82) is 0 Å². The molecule has 1 aromatic heterocycles. The first-order valence-electron chi connectivity index (χ1n) is 7.03. The molecule has 1 saturated heterocycles. The van der Waals surface area contributed by atoms with Gasteiger partial charge in [0.25, 0.3) is 0 Å². The van der Waals surface area contributed by atoms with Gasteiger partial charge in [-0.2, -0.15) is 5.10 Å². The molecule has 1 N–H and O–H groups in total. The van der Waals surface area contributed by atoms with E-state index in [1.807, 2.05) is 18.2 Å². The Bertz CT molecular complexity index is 632. The summed E-state index contributed by atoms with van der Waals surface area (Å²) in [4.78, 5) is 2.45. The Morgan fingerprint density at radius 3 is 3.00 bits per heavy atom. The van der Waals surface area contributed by atoms with E-state index in [2.05, 4.69) is 38.0 Å². The molecule has 106 valence electrons. The van der Waals surface area contributed by atoms with Gasteiger partial charge in [0, 0.05) is 28.9 Å². The predicted molar refractivity (Wildman–Crippen MR) is 82.9 cm³/mol. The van der Waals surface area contributed by atoms with Gasteiger partial charge in [0.1, 0.15) is 11.4 Å². The SMILES string of the molecule is C[C@@H]1CCCN1CCc1nnc2cc(Br)ccc2c1O. The first kappa shape index (κ1) is 13.8. The lowest BCUT2D eigenvalue weighted by atomic mass is 10.1. The topological polar surface area (TPSA) is 49.2 Å². The molecule has 1 fully saturated rings. The summed E-state index contributed by atoms with van der Waals surface area (Å²) >= 11 is 3.40. The van der Waals surface area contributed by atoms with Gasteiger partial charge in [0.05, 0.1) is 5.52 Å². The van der Waals surface area contributed by atoms with Crippen LogP contribution in [0.2, 0.25) is 0 Å². The van der Waals surface area contributed by atoms with Crippen molar-refractivity contribution in [3.05, 3.63) is 28.4 Å². The van der Waals surface area contributed by atoms with Gasteiger partial charge in [0.2, 0.25) is 0 Å². The highest BCUT2D eigenvalue weighted by atomic mass is 79.9. The first-order chi connectivity index (χ1) is 9.65. The molecule has 20 heavy (non-hydrogen) atoms. The number of nitrogens with zero attached hydrogens (tertiary/aromatic N) is 3. The number of hydrogen-bond acceptors (Lipinski definition) is 4. The molecule has 3 rings (SSSR count). The van der Waals surface area contributed by atoms with Gasteiger partial charge < -0.3 is 10.0 Å². The summed E-state index contributed by atoms with van der Waals surface area (Å²) < 4.78 is 0.942. The maximum Gasteiger partial charge on any atom is 0.148 e. The maximum atomic E-state index is 10.3. The molecule has 0 bridgehead atoms. The number of aromatic hydroxyl groups is 1. The smallest absolute Gasteiger partial charge is 0.148 e. The number of aromatic nitrogens is 2. The van der Waals surface area contributed by atoms with Gasteiger partial charge in [-0.25, -0.2) is 0 Å². The summed E-state index contributed by atoms with van der Waals surface area (Å²) in [5.74, 6) is 0.273. The van der Waals surface area contributed by atoms with Gasteiger partial charge in [-0.3, -0.25) is 0 Å². The highest BCUT2D eigenvalue weighted by Gasteiger charge is 2.20. The quantitative estimate of drug-likeness (QED) is 0.936. The lowest BCUT2D eigenvalue weighted by Gasteiger charge is -2.20. The van der Waals surface area contributed by atoms with Crippen molar-refractivity contribution in [1.82, 2.24) is 15.1 Å². The second kappa shape index (κ2) is 5.66. The zero-order valence-electron chi connectivity index (χ0n) is 11.5. The van der Waals surface area contributed by atoms with Gasteiger partial charge in [0.15, 0.2) is 0 Å². The van der Waals surface area contributed by atoms with Crippen molar-refractivity contribution in [2.45, 2.75) is 32.2 Å². The van der Waals surface area contributed by atoms with E-state index in [1.165, 1.54) is 12.8 Å². The number of benzene rings is 1. The minimum Gasteiger partial charge on any atom is -0.505 e. The van der Waals surface area contributed by atoms with Crippen molar-refractivity contribution in [2.75, 3.05) is 13.1 Å². The van der Waals surface area contributed by atoms with Crippen molar-refractivity contribution >= 4 is 26.8 Å². The molecular formula is C15H18BrN3O. The molecule has 2 heterocycles. The third kappa shape index (κ3) is 2.65. The summed E-state index contributed by atoms with van der Waals surface area (Å²) in [7, 11) is 0. The third-order valence-electron chi connectivity index (χ3n) is 4.09. The fourth-order valence-electron chi connectivity index (χ4n) is 2.85. The number of halogens is 1. The molecule has 1 aliphatic heterocycles. The van der Waals surface area contributed by atoms with Crippen molar-refractivity contribution in [2.24, 2.45) is 0 Å². The molecule has 0 amide bonds. The molecule has 1 aromatic carbocycles. The molecule has 0 aliphatic carbocycles. The molecule has 1 aliphatic rings. The number of rotatable bonds is 3. The third-order valence-corrected chi connectivity index (χ3v) is 4.59. The Kier molecular flexibility index (Phi) is 3.89. The van der Waals surface area contributed by atoms with E-state index in [-0.39, 0.29) is 5.75 Å². The van der Waals surface area contributed by atoms with Crippen LogP contribution in [0, 0.1) is 0 Å². The fraction of sp³-hybridized carbons (Fsp3) is 0.467. The Morgan fingerprint density at radius 2 is 2.25 bits per heavy atom. The van der Waals surface area contributed by atoms with Crippen LogP contribution < -0.4 is 0 Å². The average molecular weight is 336 g/mol. The van der Waals surface area contributed by atoms with E-state index in [1.54, 1.807) is 0 Å². The largest absolute Gasteiger partial charge is 0.505 e. The standard InChI is InChI=1S/C15H18BrN3O/c1-10-3-2-7-19(10)8-6-13-15(20)12-5-4-11(16)9-14(12)18-17-13/h4-5,9-10H,2-3,6-8H2,1H3,(H,18,20)/t10-/m1/s1. The minimum absolute atomic E-state index is 0.273. The lowest BCUT2D eigenvalue weighted by Crippen LogP contribution is -2.29. The summed E-state index contributed by atoms with van der Waals surface area (Å²) in [6.07, 6.45) is 3.28. The van der Waals surface area contributed by atoms with Crippen molar-refractivity contribution in [3.63, 3.8) is 0 Å². The Morgan fingerprint density at radius 1 is 1.40 bits per heavy atom. The maximum absolute atomic E-state index is 10.3. The number of fused-ring (bicyclic) bond motifs is 1. The molecule has 0 unspecified atom stereocenters. The summed E-state index contributed by atoms with van der Waals surface area (Å²) in [5.41, 5.74) is 1.41. The average Bonchev–Trinajstić information content (AvgIpc) is 2.83. The van der Waals surface area contributed by atoms with E-state index in [4.69, 9.17) is 0 Å². The molecular weight excluding hydrogens is 318 g/mol. The number of hydrogen-bond donors (Lipinski definition) is 1. The zero-order chi connectivity index (χ0) is 14.1. The van der Waals surface area contributed by atoms with E-state index in [0.717, 1.165) is 34.9 Å². The van der Waals surface area contributed by atoms with Crippen LogP contribution in [0.3, 0.4) is 0 Å². The predicted octanol–water partition coefficient (Wildman–Crippen LogP) is 3.12. The lowest BCUT2D eigenvalue weighted by molar-refractivity contribution is 0.270. The normalized spacial score (nSPS) is 19.8. The van der Waals surface area contributed by atoms with Gasteiger partial charge in [-0.15, -0.1) is 5.10 Å². The highest BCUT2D eigenvalue weighted by Crippen LogP contribution is 2.28. The van der Waals surface area contributed by atoms with Crippen LogP contribution in [0.1, 0.15) is 25.5 Å². The van der Waals surface area contributed by atoms with Crippen LogP contribution in [-0.2, 0) is 6.42 Å². The van der Waals surface area contributed by atoms with Gasteiger partial charge in [-0.05, 0) is 44.5 Å². The Balaban J connectivity index is 1.81. The van der Waals surface area contributed by atoms with Crippen molar-refractivity contribution < 1.29 is 5.11 Å². The van der Waals surface area contributed by atoms with Crippen LogP contribution in [0.15, 0.2) is 22.7 Å². The zero-order valence-corrected chi connectivity index (χ0v) is 13.1. The summed E-state index contributed by atoms with van der Waals surface area (Å²) in [6, 6.07) is 6.30. The Labute approximate surface area is 126 Å². The molecule has 0 spiro atoms. The fourth-order valence-corrected chi connectivity index (χ4v) is 3.20.